The van der Waals surface area contributed by atoms with E-state index in [2.05, 4.69) is 10.6 Å². The molecule has 0 bridgehead atoms. The maximum Gasteiger partial charge on any atom is 0.315 e. The Morgan fingerprint density at radius 2 is 2.25 bits per heavy atom. The van der Waals surface area contributed by atoms with Crippen LogP contribution >= 0.6 is 0 Å². The molecule has 2 atom stereocenters. The summed E-state index contributed by atoms with van der Waals surface area (Å²) >= 11 is 0. The Bertz CT molecular complexity index is 450. The van der Waals surface area contributed by atoms with Gasteiger partial charge in [-0.25, -0.2) is 4.79 Å². The predicted octanol–water partition coefficient (Wildman–Crippen LogP) is 1.37. The van der Waals surface area contributed by atoms with Gasteiger partial charge >= 0.3 is 6.03 Å². The van der Waals surface area contributed by atoms with Crippen LogP contribution < -0.4 is 10.6 Å². The first-order valence-electron chi connectivity index (χ1n) is 7.10. The molecule has 20 heavy (non-hydrogen) atoms. The van der Waals surface area contributed by atoms with Gasteiger partial charge in [-0.3, -0.25) is 0 Å². The van der Waals surface area contributed by atoms with E-state index in [1.807, 2.05) is 31.2 Å². The molecule has 5 heteroatoms. The minimum atomic E-state index is -0.554. The van der Waals surface area contributed by atoms with Crippen LogP contribution in [-0.4, -0.2) is 37.0 Å². The first kappa shape index (κ1) is 14.8. The van der Waals surface area contributed by atoms with E-state index in [-0.39, 0.29) is 12.1 Å². The van der Waals surface area contributed by atoms with Crippen LogP contribution in [0.25, 0.3) is 0 Å². The van der Waals surface area contributed by atoms with Crippen LogP contribution in [0.3, 0.4) is 0 Å². The normalized spacial score (nSPS) is 20.5. The molecule has 0 spiro atoms. The summed E-state index contributed by atoms with van der Waals surface area (Å²) in [6.07, 6.45) is 0.817. The molecule has 1 aromatic carbocycles. The molecule has 0 heterocycles. The van der Waals surface area contributed by atoms with Crippen molar-refractivity contribution >= 4 is 6.03 Å². The van der Waals surface area contributed by atoms with Crippen molar-refractivity contribution < 1.29 is 14.6 Å². The average molecular weight is 278 g/mol. The van der Waals surface area contributed by atoms with Gasteiger partial charge in [-0.2, -0.15) is 0 Å². The number of aliphatic hydroxyl groups is 1. The number of hydrogen-bond donors (Lipinski definition) is 3. The number of fused-ring (bicyclic) bond motifs is 1. The minimum Gasteiger partial charge on any atom is -0.390 e. The number of amides is 2. The highest BCUT2D eigenvalue weighted by molar-refractivity contribution is 5.74. The Balaban J connectivity index is 1.80. The molecule has 1 aliphatic carbocycles. The van der Waals surface area contributed by atoms with Gasteiger partial charge in [0.15, 0.2) is 0 Å². The molecule has 2 rings (SSSR count). The molecule has 0 saturated heterocycles. The van der Waals surface area contributed by atoms with E-state index in [1.54, 1.807) is 0 Å². The lowest BCUT2D eigenvalue weighted by molar-refractivity contribution is 0.139. The molecule has 5 nitrogen and oxygen atoms in total. The zero-order valence-corrected chi connectivity index (χ0v) is 11.8. The molecule has 0 radical (unpaired) electrons. The Morgan fingerprint density at radius 1 is 1.45 bits per heavy atom. The highest BCUT2D eigenvalue weighted by Crippen LogP contribution is 2.30. The standard InChI is InChI=1S/C15H22N2O3/c1-2-20-9-5-8-16-15(19)17-14-12-7-4-3-6-11(12)10-13(14)18/h3-4,6-7,13-14,18H,2,5,8-10H2,1H3,(H2,16,17,19). The summed E-state index contributed by atoms with van der Waals surface area (Å²) in [7, 11) is 0. The molecular weight excluding hydrogens is 256 g/mol. The third-order valence-corrected chi connectivity index (χ3v) is 3.45. The quantitative estimate of drug-likeness (QED) is 0.688. The summed E-state index contributed by atoms with van der Waals surface area (Å²) < 4.78 is 5.20. The lowest BCUT2D eigenvalue weighted by Crippen LogP contribution is -2.41. The van der Waals surface area contributed by atoms with E-state index < -0.39 is 6.10 Å². The second-order valence-corrected chi connectivity index (χ2v) is 4.90. The number of benzene rings is 1. The summed E-state index contributed by atoms with van der Waals surface area (Å²) in [5.74, 6) is 0. The number of carbonyl (C=O) groups is 1. The van der Waals surface area contributed by atoms with Crippen LogP contribution in [0.4, 0.5) is 4.79 Å². The highest BCUT2D eigenvalue weighted by Gasteiger charge is 2.31. The van der Waals surface area contributed by atoms with E-state index in [0.29, 0.717) is 26.2 Å². The lowest BCUT2D eigenvalue weighted by Gasteiger charge is -2.18. The van der Waals surface area contributed by atoms with E-state index in [1.165, 1.54) is 0 Å². The van der Waals surface area contributed by atoms with Gasteiger partial charge in [0.05, 0.1) is 12.1 Å². The van der Waals surface area contributed by atoms with Gasteiger partial charge < -0.3 is 20.5 Å². The predicted molar refractivity (Wildman–Crippen MR) is 76.5 cm³/mol. The first-order valence-corrected chi connectivity index (χ1v) is 7.10. The number of aliphatic hydroxyl groups excluding tert-OH is 1. The molecule has 0 aliphatic heterocycles. The first-order chi connectivity index (χ1) is 9.72. The molecule has 0 aromatic heterocycles. The zero-order chi connectivity index (χ0) is 14.4. The SMILES string of the molecule is CCOCCCNC(=O)NC1c2ccccc2CC1O. The van der Waals surface area contributed by atoms with Crippen molar-refractivity contribution in [3.63, 3.8) is 0 Å². The van der Waals surface area contributed by atoms with Gasteiger partial charge in [-0.05, 0) is 24.5 Å². The topological polar surface area (TPSA) is 70.6 Å². The van der Waals surface area contributed by atoms with Crippen molar-refractivity contribution in [3.8, 4) is 0 Å². The van der Waals surface area contributed by atoms with E-state index in [0.717, 1.165) is 17.5 Å². The number of carbonyl (C=O) groups excluding carboxylic acids is 1. The van der Waals surface area contributed by atoms with Crippen molar-refractivity contribution in [3.05, 3.63) is 35.4 Å². The van der Waals surface area contributed by atoms with Crippen LogP contribution in [-0.2, 0) is 11.2 Å². The van der Waals surface area contributed by atoms with E-state index in [9.17, 15) is 9.90 Å². The number of rotatable bonds is 6. The maximum absolute atomic E-state index is 11.8. The second kappa shape index (κ2) is 7.26. The monoisotopic (exact) mass is 278 g/mol. The molecule has 3 N–H and O–H groups in total. The maximum atomic E-state index is 11.8. The molecule has 0 saturated carbocycles. The Hall–Kier alpha value is -1.59. The molecule has 110 valence electrons. The molecule has 0 fully saturated rings. The number of ether oxygens (including phenoxy) is 1. The van der Waals surface area contributed by atoms with Gasteiger partial charge in [0.2, 0.25) is 0 Å². The Morgan fingerprint density at radius 3 is 3.05 bits per heavy atom. The van der Waals surface area contributed by atoms with Crippen LogP contribution in [0.1, 0.15) is 30.5 Å². The second-order valence-electron chi connectivity index (χ2n) is 4.90. The molecule has 2 unspecified atom stereocenters. The van der Waals surface area contributed by atoms with Crippen molar-refractivity contribution in [2.24, 2.45) is 0 Å². The van der Waals surface area contributed by atoms with Crippen LogP contribution in [0.2, 0.25) is 0 Å². The third kappa shape index (κ3) is 3.71. The fourth-order valence-corrected chi connectivity index (χ4v) is 2.46. The number of urea groups is 1. The summed E-state index contributed by atoms with van der Waals surface area (Å²) in [6.45, 7) is 3.85. The van der Waals surface area contributed by atoms with Gasteiger partial charge in [0.25, 0.3) is 0 Å². The number of nitrogens with one attached hydrogen (secondary N) is 2. The largest absolute Gasteiger partial charge is 0.390 e. The Kier molecular flexibility index (Phi) is 5.38. The van der Waals surface area contributed by atoms with Gasteiger partial charge in [0, 0.05) is 26.2 Å². The molecule has 1 aliphatic rings. The van der Waals surface area contributed by atoms with Crippen molar-refractivity contribution in [1.82, 2.24) is 10.6 Å². The number of hydrogen-bond acceptors (Lipinski definition) is 3. The van der Waals surface area contributed by atoms with Gasteiger partial charge in [-0.1, -0.05) is 24.3 Å². The van der Waals surface area contributed by atoms with Crippen LogP contribution in [0, 0.1) is 0 Å². The fraction of sp³-hybridized carbons (Fsp3) is 0.533. The minimum absolute atomic E-state index is 0.248. The van der Waals surface area contributed by atoms with E-state index >= 15 is 0 Å². The van der Waals surface area contributed by atoms with Crippen LogP contribution in [0.5, 0.6) is 0 Å². The van der Waals surface area contributed by atoms with Crippen molar-refractivity contribution in [2.75, 3.05) is 19.8 Å². The molecule has 1 aromatic rings. The highest BCUT2D eigenvalue weighted by atomic mass is 16.5. The summed E-state index contributed by atoms with van der Waals surface area (Å²) in [6, 6.07) is 7.24. The lowest BCUT2D eigenvalue weighted by atomic mass is 10.1. The third-order valence-electron chi connectivity index (χ3n) is 3.45. The molecular formula is C15H22N2O3. The van der Waals surface area contributed by atoms with Gasteiger partial charge in [-0.15, -0.1) is 0 Å². The fourth-order valence-electron chi connectivity index (χ4n) is 2.46. The molecule has 2 amide bonds. The van der Waals surface area contributed by atoms with Crippen LogP contribution in [0.15, 0.2) is 24.3 Å². The van der Waals surface area contributed by atoms with Crippen molar-refractivity contribution in [2.45, 2.75) is 31.9 Å². The zero-order valence-electron chi connectivity index (χ0n) is 11.8. The van der Waals surface area contributed by atoms with Crippen molar-refractivity contribution in [1.29, 1.82) is 0 Å². The smallest absolute Gasteiger partial charge is 0.315 e. The average Bonchev–Trinajstić information content (AvgIpc) is 2.75. The van der Waals surface area contributed by atoms with Gasteiger partial charge in [0.1, 0.15) is 0 Å². The van der Waals surface area contributed by atoms with E-state index in [4.69, 9.17) is 4.74 Å². The summed E-state index contributed by atoms with van der Waals surface area (Å²) in [4.78, 5) is 11.8. The summed E-state index contributed by atoms with van der Waals surface area (Å²) in [5.41, 5.74) is 2.10. The Labute approximate surface area is 119 Å². The summed E-state index contributed by atoms with van der Waals surface area (Å²) in [5, 5.41) is 15.7.